The van der Waals surface area contributed by atoms with Gasteiger partial charge in [-0.05, 0) is 56.5 Å². The Bertz CT molecular complexity index is 1250. The number of fused-ring (bicyclic) bond motifs is 1. The summed E-state index contributed by atoms with van der Waals surface area (Å²) in [5, 5.41) is 15.4. The molecule has 0 aliphatic carbocycles. The van der Waals surface area contributed by atoms with Crippen LogP contribution in [0, 0.1) is 5.41 Å². The van der Waals surface area contributed by atoms with Gasteiger partial charge in [0.05, 0.1) is 16.4 Å². The Kier molecular flexibility index (Phi) is 6.57. The van der Waals surface area contributed by atoms with E-state index in [1.807, 2.05) is 18.2 Å². The summed E-state index contributed by atoms with van der Waals surface area (Å²) in [7, 11) is 0. The SMILES string of the molecule is O=C1NC(N2CCC3(CCN(c4ccccc4)C3)C2)NC(N[C@@H]2CCCNC2)C1c1nc2ccccc2s1. The van der Waals surface area contributed by atoms with Crippen molar-refractivity contribution in [1.29, 1.82) is 0 Å². The minimum Gasteiger partial charge on any atom is -0.371 e. The molecule has 4 N–H and O–H groups in total. The summed E-state index contributed by atoms with van der Waals surface area (Å²) in [4.78, 5) is 23.6. The van der Waals surface area contributed by atoms with Crippen molar-refractivity contribution < 1.29 is 4.79 Å². The summed E-state index contributed by atoms with van der Waals surface area (Å²) in [6, 6.07) is 19.3. The molecule has 0 saturated carbocycles. The van der Waals surface area contributed by atoms with E-state index in [0.29, 0.717) is 6.04 Å². The number of hydrogen-bond donors (Lipinski definition) is 4. The second-order valence-electron chi connectivity index (χ2n) is 11.5. The summed E-state index contributed by atoms with van der Waals surface area (Å²) in [5.41, 5.74) is 2.56. The van der Waals surface area contributed by atoms with Crippen LogP contribution in [0.4, 0.5) is 5.69 Å². The van der Waals surface area contributed by atoms with Gasteiger partial charge in [-0.3, -0.25) is 20.3 Å². The molecule has 4 unspecified atom stereocenters. The quantitative estimate of drug-likeness (QED) is 0.403. The van der Waals surface area contributed by atoms with Crippen LogP contribution in [0.25, 0.3) is 10.2 Å². The third-order valence-corrected chi connectivity index (χ3v) is 10.0. The van der Waals surface area contributed by atoms with Crippen LogP contribution in [0.5, 0.6) is 0 Å². The number of para-hydroxylation sites is 2. The molecule has 4 aliphatic heterocycles. The van der Waals surface area contributed by atoms with Gasteiger partial charge >= 0.3 is 0 Å². The summed E-state index contributed by atoms with van der Waals surface area (Å²) >= 11 is 1.63. The number of thiazole rings is 1. The molecule has 5 heterocycles. The molecule has 3 aromatic rings. The lowest BCUT2D eigenvalue weighted by Gasteiger charge is -2.43. The highest BCUT2D eigenvalue weighted by molar-refractivity contribution is 7.18. The maximum atomic E-state index is 13.8. The van der Waals surface area contributed by atoms with Gasteiger partial charge in [0.15, 0.2) is 0 Å². The molecule has 1 aromatic heterocycles. The zero-order valence-corrected chi connectivity index (χ0v) is 22.6. The molecule has 9 heteroatoms. The van der Waals surface area contributed by atoms with Gasteiger partial charge in [-0.2, -0.15) is 0 Å². The molecule has 4 fully saturated rings. The molecule has 0 radical (unpaired) electrons. The number of carbonyl (C=O) groups is 1. The molecule has 4 aliphatic rings. The summed E-state index contributed by atoms with van der Waals surface area (Å²) in [6.45, 7) is 6.16. The van der Waals surface area contributed by atoms with E-state index in [-0.39, 0.29) is 29.7 Å². The molecule has 8 nitrogen and oxygen atoms in total. The van der Waals surface area contributed by atoms with E-state index < -0.39 is 0 Å². The number of benzene rings is 2. The Morgan fingerprint density at radius 3 is 2.71 bits per heavy atom. The van der Waals surface area contributed by atoms with Gasteiger partial charge in [0.2, 0.25) is 5.91 Å². The largest absolute Gasteiger partial charge is 0.371 e. The number of nitrogens with one attached hydrogen (secondary N) is 4. The van der Waals surface area contributed by atoms with E-state index in [9.17, 15) is 4.79 Å². The normalized spacial score (nSPS) is 32.3. The number of hydrogen-bond acceptors (Lipinski definition) is 8. The van der Waals surface area contributed by atoms with Crippen LogP contribution in [0.15, 0.2) is 54.6 Å². The first-order valence-corrected chi connectivity index (χ1v) is 14.9. The van der Waals surface area contributed by atoms with E-state index in [0.717, 1.165) is 73.8 Å². The molecule has 38 heavy (non-hydrogen) atoms. The summed E-state index contributed by atoms with van der Waals surface area (Å²) in [5.74, 6) is -0.297. The van der Waals surface area contributed by atoms with Crippen molar-refractivity contribution in [2.24, 2.45) is 5.41 Å². The number of rotatable bonds is 5. The van der Waals surface area contributed by atoms with Crippen LogP contribution in [0.2, 0.25) is 0 Å². The molecule has 2 aromatic carbocycles. The van der Waals surface area contributed by atoms with Crippen LogP contribution in [0.1, 0.15) is 36.6 Å². The molecule has 1 amide bonds. The Morgan fingerprint density at radius 1 is 1.03 bits per heavy atom. The first-order chi connectivity index (χ1) is 18.7. The topological polar surface area (TPSA) is 84.6 Å². The minimum absolute atomic E-state index is 0.0624. The average molecular weight is 532 g/mol. The van der Waals surface area contributed by atoms with Crippen molar-refractivity contribution in [3.63, 3.8) is 0 Å². The smallest absolute Gasteiger partial charge is 0.235 e. The van der Waals surface area contributed by atoms with Crippen molar-refractivity contribution in [2.45, 2.75) is 50.1 Å². The molecular weight excluding hydrogens is 494 g/mol. The van der Waals surface area contributed by atoms with Crippen LogP contribution in [-0.4, -0.2) is 73.6 Å². The Hall–Kier alpha value is -2.56. The number of anilines is 1. The number of piperidine rings is 1. The van der Waals surface area contributed by atoms with Crippen molar-refractivity contribution in [3.05, 3.63) is 59.6 Å². The zero-order chi connectivity index (χ0) is 25.5. The predicted octanol–water partition coefficient (Wildman–Crippen LogP) is 2.65. The highest BCUT2D eigenvalue weighted by Gasteiger charge is 2.48. The second kappa shape index (κ2) is 10.2. The monoisotopic (exact) mass is 531 g/mol. The molecule has 7 rings (SSSR count). The van der Waals surface area contributed by atoms with E-state index >= 15 is 0 Å². The fourth-order valence-electron chi connectivity index (χ4n) is 6.87. The van der Waals surface area contributed by atoms with Crippen LogP contribution in [0.3, 0.4) is 0 Å². The molecule has 0 bridgehead atoms. The Morgan fingerprint density at radius 2 is 1.87 bits per heavy atom. The van der Waals surface area contributed by atoms with Crippen LogP contribution in [-0.2, 0) is 4.79 Å². The van der Waals surface area contributed by atoms with Crippen LogP contribution >= 0.6 is 11.3 Å². The number of amides is 1. The zero-order valence-electron chi connectivity index (χ0n) is 21.7. The van der Waals surface area contributed by atoms with E-state index in [1.54, 1.807) is 11.3 Å². The van der Waals surface area contributed by atoms with Gasteiger partial charge in [0.25, 0.3) is 0 Å². The van der Waals surface area contributed by atoms with E-state index in [2.05, 4.69) is 67.5 Å². The average Bonchev–Trinajstić information content (AvgIpc) is 3.68. The van der Waals surface area contributed by atoms with Gasteiger partial charge in [-0.1, -0.05) is 30.3 Å². The van der Waals surface area contributed by atoms with Gasteiger partial charge in [-0.15, -0.1) is 11.3 Å². The second-order valence-corrected chi connectivity index (χ2v) is 12.6. The highest BCUT2D eigenvalue weighted by Crippen LogP contribution is 2.42. The molecule has 5 atom stereocenters. The summed E-state index contributed by atoms with van der Waals surface area (Å²) in [6.07, 6.45) is 4.29. The van der Waals surface area contributed by atoms with E-state index in [1.165, 1.54) is 12.1 Å². The van der Waals surface area contributed by atoms with Gasteiger partial charge in [0.1, 0.15) is 17.2 Å². The molecule has 200 valence electrons. The molecular formula is C29H37N7OS. The third kappa shape index (κ3) is 4.71. The summed E-state index contributed by atoms with van der Waals surface area (Å²) < 4.78 is 1.13. The number of carbonyl (C=O) groups excluding carboxylic acids is 1. The lowest BCUT2D eigenvalue weighted by molar-refractivity contribution is -0.129. The Balaban J connectivity index is 1.09. The van der Waals surface area contributed by atoms with Crippen molar-refractivity contribution in [1.82, 2.24) is 31.2 Å². The van der Waals surface area contributed by atoms with Crippen LogP contribution < -0.4 is 26.2 Å². The third-order valence-electron chi connectivity index (χ3n) is 8.91. The molecule has 4 saturated heterocycles. The van der Waals surface area contributed by atoms with E-state index in [4.69, 9.17) is 4.98 Å². The lowest BCUT2D eigenvalue weighted by Crippen LogP contribution is -2.70. The van der Waals surface area contributed by atoms with Crippen molar-refractivity contribution in [2.75, 3.05) is 44.2 Å². The fourth-order valence-corrected chi connectivity index (χ4v) is 7.97. The Labute approximate surface area is 228 Å². The minimum atomic E-state index is -0.359. The standard InChI is InChI=1S/C29H37N7OS/c37-26-24(27-32-22-10-4-5-11-23(22)38-27)25(31-20-7-6-14-30-17-20)33-28(34-26)36-16-13-29(19-36)12-15-35(18-29)21-8-2-1-3-9-21/h1-5,8-11,20,24-25,28,30-31,33H,6-7,12-19H2,(H,34,37)/t20-,24?,25?,28?,29?/m1/s1. The highest BCUT2D eigenvalue weighted by atomic mass is 32.1. The van der Waals surface area contributed by atoms with Gasteiger partial charge < -0.3 is 15.5 Å². The van der Waals surface area contributed by atoms with Gasteiger partial charge in [0, 0.05) is 49.9 Å². The first-order valence-electron chi connectivity index (χ1n) is 14.1. The van der Waals surface area contributed by atoms with Crippen molar-refractivity contribution >= 4 is 33.1 Å². The maximum Gasteiger partial charge on any atom is 0.235 e. The first kappa shape index (κ1) is 24.5. The maximum absolute atomic E-state index is 13.8. The van der Waals surface area contributed by atoms with Gasteiger partial charge in [-0.25, -0.2) is 4.98 Å². The molecule has 1 spiro atoms. The predicted molar refractivity (Wildman–Crippen MR) is 152 cm³/mol. The fraction of sp³-hybridized carbons (Fsp3) is 0.517. The number of likely N-dealkylation sites (tertiary alicyclic amines) is 1. The van der Waals surface area contributed by atoms with Crippen molar-refractivity contribution in [3.8, 4) is 0 Å². The number of nitrogens with zero attached hydrogens (tertiary/aromatic N) is 3. The lowest BCUT2D eigenvalue weighted by atomic mass is 9.86. The number of aromatic nitrogens is 1.